The highest BCUT2D eigenvalue weighted by molar-refractivity contribution is 6.34. The number of rotatable bonds is 6. The Morgan fingerprint density at radius 1 is 1.25 bits per heavy atom. The molecule has 0 amide bonds. The van der Waals surface area contributed by atoms with E-state index in [4.69, 9.17) is 34.8 Å². The molecule has 1 aromatic rings. The lowest BCUT2D eigenvalue weighted by Gasteiger charge is -2.09. The maximum absolute atomic E-state index is 6.09. The molecule has 0 bridgehead atoms. The monoisotopic (exact) mass is 302 g/mol. The van der Waals surface area contributed by atoms with Crippen LogP contribution in [0, 0.1) is 0 Å². The van der Waals surface area contributed by atoms with Crippen LogP contribution in [0.15, 0.2) is 12.3 Å². The molecule has 0 radical (unpaired) electrons. The highest BCUT2D eigenvalue weighted by atomic mass is 35.5. The largest absolute Gasteiger partial charge is 0.384 e. The Bertz CT molecular complexity index is 307. The van der Waals surface area contributed by atoms with Gasteiger partial charge in [0.05, 0.1) is 22.3 Å². The van der Waals surface area contributed by atoms with Crippen LogP contribution in [0.1, 0.15) is 18.5 Å². The van der Waals surface area contributed by atoms with Gasteiger partial charge in [0.15, 0.2) is 0 Å². The van der Waals surface area contributed by atoms with Crippen molar-refractivity contribution >= 4 is 52.9 Å². The van der Waals surface area contributed by atoms with Crippen molar-refractivity contribution in [2.75, 3.05) is 17.7 Å². The third-order valence-corrected chi connectivity index (χ3v) is 2.91. The van der Waals surface area contributed by atoms with Crippen LogP contribution in [0.4, 0.5) is 5.69 Å². The van der Waals surface area contributed by atoms with E-state index in [9.17, 15) is 0 Å². The number of halogens is 4. The molecule has 6 heteroatoms. The zero-order valence-corrected chi connectivity index (χ0v) is 11.8. The predicted molar refractivity (Wildman–Crippen MR) is 74.5 cm³/mol. The summed E-state index contributed by atoms with van der Waals surface area (Å²) >= 11 is 17.4. The topological polar surface area (TPSA) is 24.9 Å². The molecule has 0 saturated carbocycles. The molecule has 1 aromatic heterocycles. The van der Waals surface area contributed by atoms with Gasteiger partial charge in [-0.25, -0.2) is 0 Å². The molecule has 0 saturated heterocycles. The first kappa shape index (κ1) is 16.1. The van der Waals surface area contributed by atoms with Gasteiger partial charge in [-0.15, -0.1) is 35.6 Å². The summed E-state index contributed by atoms with van der Waals surface area (Å²) in [5.74, 6) is 1.02. The Kier molecular flexibility index (Phi) is 9.24. The van der Waals surface area contributed by atoms with Crippen molar-refractivity contribution in [3.05, 3.63) is 23.0 Å². The van der Waals surface area contributed by atoms with E-state index in [-0.39, 0.29) is 12.4 Å². The lowest BCUT2D eigenvalue weighted by atomic mass is 10.3. The maximum Gasteiger partial charge on any atom is 0.0865 e. The number of anilines is 1. The molecule has 1 heterocycles. The number of nitrogens with zero attached hydrogens (tertiary/aromatic N) is 1. The first-order chi connectivity index (χ1) is 7.29. The van der Waals surface area contributed by atoms with Gasteiger partial charge in [-0.05, 0) is 18.9 Å². The quantitative estimate of drug-likeness (QED) is 0.625. The van der Waals surface area contributed by atoms with Gasteiger partial charge in [-0.3, -0.25) is 4.98 Å². The molecule has 0 spiro atoms. The molecule has 1 N–H and O–H groups in total. The van der Waals surface area contributed by atoms with Crippen LogP contribution < -0.4 is 5.32 Å². The van der Waals surface area contributed by atoms with Gasteiger partial charge in [0.2, 0.25) is 0 Å². The van der Waals surface area contributed by atoms with Crippen LogP contribution in [0.25, 0.3) is 0 Å². The fraction of sp³-hybridized carbons (Fsp3) is 0.500. The number of alkyl halides is 2. The highest BCUT2D eigenvalue weighted by Crippen LogP contribution is 2.25. The summed E-state index contributed by atoms with van der Waals surface area (Å²) in [5.41, 5.74) is 1.59. The third kappa shape index (κ3) is 4.96. The summed E-state index contributed by atoms with van der Waals surface area (Å²) in [6, 6.07) is 1.85. The minimum absolute atomic E-state index is 0. The van der Waals surface area contributed by atoms with Gasteiger partial charge in [0.25, 0.3) is 0 Å². The van der Waals surface area contributed by atoms with Crippen molar-refractivity contribution in [1.82, 2.24) is 4.98 Å². The van der Waals surface area contributed by atoms with Gasteiger partial charge < -0.3 is 5.32 Å². The number of aromatic nitrogens is 1. The molecule has 0 unspecified atom stereocenters. The minimum atomic E-state index is 0. The van der Waals surface area contributed by atoms with E-state index >= 15 is 0 Å². The van der Waals surface area contributed by atoms with Crippen molar-refractivity contribution < 1.29 is 0 Å². The van der Waals surface area contributed by atoms with E-state index in [1.165, 1.54) is 0 Å². The average Bonchev–Trinajstić information content (AvgIpc) is 2.26. The third-order valence-electron chi connectivity index (χ3n) is 1.96. The smallest absolute Gasteiger partial charge is 0.0865 e. The first-order valence-electron chi connectivity index (χ1n) is 4.78. The van der Waals surface area contributed by atoms with E-state index in [1.54, 1.807) is 6.20 Å². The predicted octanol–water partition coefficient (Wildman–Crippen LogP) is 4.33. The molecule has 0 fully saturated rings. The summed E-state index contributed by atoms with van der Waals surface area (Å²) in [6.07, 6.45) is 3.73. The van der Waals surface area contributed by atoms with E-state index in [0.717, 1.165) is 25.1 Å². The van der Waals surface area contributed by atoms with Crippen LogP contribution in [0.2, 0.25) is 5.02 Å². The molecule has 0 atom stereocenters. The summed E-state index contributed by atoms with van der Waals surface area (Å²) in [5, 5.41) is 3.84. The van der Waals surface area contributed by atoms with Crippen LogP contribution in [-0.4, -0.2) is 17.4 Å². The van der Waals surface area contributed by atoms with Crippen LogP contribution in [0.5, 0.6) is 0 Å². The lowest BCUT2D eigenvalue weighted by molar-refractivity contribution is 0.839. The molecular formula is C10H14Cl4N2. The van der Waals surface area contributed by atoms with Crippen molar-refractivity contribution in [3.8, 4) is 0 Å². The Balaban J connectivity index is 0.00000225. The molecule has 1 rings (SSSR count). The molecular weight excluding hydrogens is 290 g/mol. The Labute approximate surface area is 117 Å². The number of unbranched alkanes of at least 4 members (excludes halogenated alkanes) is 1. The first-order valence-corrected chi connectivity index (χ1v) is 6.23. The molecule has 0 aliphatic heterocycles. The van der Waals surface area contributed by atoms with E-state index in [0.29, 0.717) is 22.5 Å². The Morgan fingerprint density at radius 2 is 2.00 bits per heavy atom. The van der Waals surface area contributed by atoms with Crippen LogP contribution in [-0.2, 0) is 5.88 Å². The number of hydrogen-bond donors (Lipinski definition) is 1. The summed E-state index contributed by atoms with van der Waals surface area (Å²) in [4.78, 5) is 4.08. The standard InChI is InChI=1S/C10H13Cl3N2.ClH/c11-4-1-2-5-14-8-3-6-15-9(7-12)10(8)13;/h3,6H,1-2,4-5,7H2,(H,14,15);1H. The summed E-state index contributed by atoms with van der Waals surface area (Å²) in [7, 11) is 0. The molecule has 92 valence electrons. The van der Waals surface area contributed by atoms with E-state index in [2.05, 4.69) is 10.3 Å². The summed E-state index contributed by atoms with van der Waals surface area (Å²) < 4.78 is 0. The van der Waals surface area contributed by atoms with Crippen molar-refractivity contribution in [2.45, 2.75) is 18.7 Å². The molecule has 2 nitrogen and oxygen atoms in total. The fourth-order valence-corrected chi connectivity index (χ4v) is 1.86. The second-order valence-electron chi connectivity index (χ2n) is 3.08. The zero-order valence-electron chi connectivity index (χ0n) is 8.68. The van der Waals surface area contributed by atoms with Gasteiger partial charge >= 0.3 is 0 Å². The normalized spacial score (nSPS) is 9.69. The second-order valence-corrected chi connectivity index (χ2v) is 4.10. The van der Waals surface area contributed by atoms with Crippen molar-refractivity contribution in [2.24, 2.45) is 0 Å². The van der Waals surface area contributed by atoms with Gasteiger partial charge in [-0.1, -0.05) is 11.6 Å². The van der Waals surface area contributed by atoms with Crippen LogP contribution >= 0.6 is 47.2 Å². The Morgan fingerprint density at radius 3 is 2.62 bits per heavy atom. The lowest BCUT2D eigenvalue weighted by Crippen LogP contribution is -2.03. The zero-order chi connectivity index (χ0) is 11.1. The number of hydrogen-bond acceptors (Lipinski definition) is 2. The summed E-state index contributed by atoms with van der Waals surface area (Å²) in [6.45, 7) is 0.859. The molecule has 0 aliphatic carbocycles. The van der Waals surface area contributed by atoms with Gasteiger partial charge in [-0.2, -0.15) is 0 Å². The molecule has 16 heavy (non-hydrogen) atoms. The van der Waals surface area contributed by atoms with E-state index < -0.39 is 0 Å². The van der Waals surface area contributed by atoms with Crippen molar-refractivity contribution in [1.29, 1.82) is 0 Å². The maximum atomic E-state index is 6.09. The number of nitrogens with one attached hydrogen (secondary N) is 1. The minimum Gasteiger partial charge on any atom is -0.384 e. The molecule has 0 aliphatic rings. The SMILES string of the molecule is Cl.ClCCCCNc1ccnc(CCl)c1Cl. The van der Waals surface area contributed by atoms with Crippen molar-refractivity contribution in [3.63, 3.8) is 0 Å². The van der Waals surface area contributed by atoms with Gasteiger partial charge in [0.1, 0.15) is 0 Å². The second kappa shape index (κ2) is 9.17. The Hall–Kier alpha value is 0.110. The number of pyridine rings is 1. The fourth-order valence-electron chi connectivity index (χ4n) is 1.16. The van der Waals surface area contributed by atoms with E-state index in [1.807, 2.05) is 6.07 Å². The van der Waals surface area contributed by atoms with Gasteiger partial charge in [0, 0.05) is 18.6 Å². The average molecular weight is 304 g/mol. The molecule has 0 aromatic carbocycles. The highest BCUT2D eigenvalue weighted by Gasteiger charge is 2.05. The van der Waals surface area contributed by atoms with Crippen LogP contribution in [0.3, 0.4) is 0 Å².